The van der Waals surface area contributed by atoms with Crippen molar-refractivity contribution in [2.75, 3.05) is 11.8 Å². The number of amides is 1. The number of carbonyl (C=O) groups is 1. The molecule has 4 rings (SSSR count). The van der Waals surface area contributed by atoms with Crippen LogP contribution in [0.4, 0.5) is 5.69 Å². The maximum Gasteiger partial charge on any atom is 0.261 e. The van der Waals surface area contributed by atoms with Crippen molar-refractivity contribution in [2.24, 2.45) is 0 Å². The van der Waals surface area contributed by atoms with Crippen LogP contribution in [0, 0.1) is 0 Å². The average Bonchev–Trinajstić information content (AvgIpc) is 2.82. The summed E-state index contributed by atoms with van der Waals surface area (Å²) >= 11 is 0. The van der Waals surface area contributed by atoms with Gasteiger partial charge in [-0.05, 0) is 53.4 Å². The highest BCUT2D eigenvalue weighted by molar-refractivity contribution is 7.92. The summed E-state index contributed by atoms with van der Waals surface area (Å²) in [6.45, 7) is 6.23. The van der Waals surface area contributed by atoms with Crippen LogP contribution >= 0.6 is 0 Å². The Bertz CT molecular complexity index is 1460. The van der Waals surface area contributed by atoms with E-state index >= 15 is 0 Å². The number of sulfonamides is 1. The number of carbonyl (C=O) groups excluding carboxylic acids is 1. The molecule has 0 atom stereocenters. The van der Waals surface area contributed by atoms with E-state index in [4.69, 9.17) is 0 Å². The first-order valence-electron chi connectivity index (χ1n) is 10.8. The number of anilines is 1. The van der Waals surface area contributed by atoms with Gasteiger partial charge in [-0.1, -0.05) is 45.0 Å². The largest absolute Gasteiger partial charge is 0.355 e. The Morgan fingerprint density at radius 3 is 2.24 bits per heavy atom. The van der Waals surface area contributed by atoms with Gasteiger partial charge in [-0.25, -0.2) is 13.4 Å². The number of pyridine rings is 2. The molecule has 0 bridgehead atoms. The zero-order chi connectivity index (χ0) is 24.5. The van der Waals surface area contributed by atoms with E-state index in [-0.39, 0.29) is 16.2 Å². The van der Waals surface area contributed by atoms with Crippen molar-refractivity contribution in [3.63, 3.8) is 0 Å². The van der Waals surface area contributed by atoms with Crippen LogP contribution < -0.4 is 10.0 Å². The molecule has 7 nitrogen and oxygen atoms in total. The van der Waals surface area contributed by atoms with Gasteiger partial charge in [-0.3, -0.25) is 14.5 Å². The Balaban J connectivity index is 1.61. The molecule has 0 spiro atoms. The monoisotopic (exact) mass is 474 g/mol. The van der Waals surface area contributed by atoms with Crippen molar-refractivity contribution in [3.8, 4) is 11.3 Å². The standard InChI is InChI=1S/C26H26N4O3S/c1-26(2,3)18-9-13-20(14-10-18)34(32,33)30-19-11-7-17(8-12-19)23-16-21(25(31)27-4)24-22(29-23)6-5-15-28-24/h5-16,30H,1-4H3,(H,27,31). The predicted octanol–water partition coefficient (Wildman–Crippen LogP) is 4.75. The van der Waals surface area contributed by atoms with E-state index in [1.54, 1.807) is 67.8 Å². The topological polar surface area (TPSA) is 101 Å². The number of fused-ring (bicyclic) bond motifs is 1. The molecule has 0 aliphatic heterocycles. The molecule has 2 heterocycles. The van der Waals surface area contributed by atoms with Crippen LogP contribution in [0.25, 0.3) is 22.3 Å². The molecule has 34 heavy (non-hydrogen) atoms. The third-order valence-corrected chi connectivity index (χ3v) is 6.90. The fourth-order valence-electron chi connectivity index (χ4n) is 3.57. The lowest BCUT2D eigenvalue weighted by Gasteiger charge is -2.19. The second kappa shape index (κ2) is 8.87. The molecule has 4 aromatic rings. The number of rotatable bonds is 5. The summed E-state index contributed by atoms with van der Waals surface area (Å²) in [7, 11) is -2.17. The Labute approximate surface area is 199 Å². The van der Waals surface area contributed by atoms with Crippen LogP contribution in [0.15, 0.2) is 77.8 Å². The van der Waals surface area contributed by atoms with Crippen molar-refractivity contribution in [3.05, 3.63) is 84.1 Å². The maximum atomic E-state index is 12.8. The molecule has 174 valence electrons. The molecule has 1 amide bonds. The molecule has 2 N–H and O–H groups in total. The van der Waals surface area contributed by atoms with E-state index < -0.39 is 10.0 Å². The summed E-state index contributed by atoms with van der Waals surface area (Å²) in [4.78, 5) is 21.5. The zero-order valence-corrected chi connectivity index (χ0v) is 20.3. The van der Waals surface area contributed by atoms with E-state index in [2.05, 4.69) is 40.8 Å². The molecule has 0 saturated heterocycles. The van der Waals surface area contributed by atoms with Crippen LogP contribution in [0.5, 0.6) is 0 Å². The zero-order valence-electron chi connectivity index (χ0n) is 19.5. The van der Waals surface area contributed by atoms with Gasteiger partial charge in [0.1, 0.15) is 5.52 Å². The third-order valence-electron chi connectivity index (χ3n) is 5.50. The highest BCUT2D eigenvalue weighted by Crippen LogP contribution is 2.27. The smallest absolute Gasteiger partial charge is 0.261 e. The number of benzene rings is 2. The van der Waals surface area contributed by atoms with Crippen LogP contribution in [0.1, 0.15) is 36.7 Å². The van der Waals surface area contributed by atoms with Crippen LogP contribution in [-0.4, -0.2) is 31.3 Å². The van der Waals surface area contributed by atoms with Crippen molar-refractivity contribution < 1.29 is 13.2 Å². The number of hydrogen-bond acceptors (Lipinski definition) is 5. The molecule has 0 unspecified atom stereocenters. The summed E-state index contributed by atoms with van der Waals surface area (Å²) in [5.41, 5.74) is 4.30. The lowest BCUT2D eigenvalue weighted by molar-refractivity contribution is 0.0964. The molecule has 0 fully saturated rings. The van der Waals surface area contributed by atoms with Crippen LogP contribution in [0.3, 0.4) is 0 Å². The highest BCUT2D eigenvalue weighted by Gasteiger charge is 2.18. The Morgan fingerprint density at radius 2 is 1.62 bits per heavy atom. The van der Waals surface area contributed by atoms with E-state index in [0.29, 0.717) is 28.0 Å². The van der Waals surface area contributed by atoms with Crippen molar-refractivity contribution in [1.29, 1.82) is 0 Å². The molecular weight excluding hydrogens is 448 g/mol. The molecule has 0 saturated carbocycles. The van der Waals surface area contributed by atoms with Gasteiger partial charge < -0.3 is 5.32 Å². The van der Waals surface area contributed by atoms with Gasteiger partial charge >= 0.3 is 0 Å². The second-order valence-electron chi connectivity index (χ2n) is 8.96. The van der Waals surface area contributed by atoms with Crippen molar-refractivity contribution >= 4 is 32.7 Å². The normalized spacial score (nSPS) is 11.9. The van der Waals surface area contributed by atoms with E-state index in [1.807, 2.05) is 12.1 Å². The Hall–Kier alpha value is -3.78. The van der Waals surface area contributed by atoms with Gasteiger partial charge in [-0.2, -0.15) is 0 Å². The number of hydrogen-bond donors (Lipinski definition) is 2. The first-order valence-corrected chi connectivity index (χ1v) is 12.3. The summed E-state index contributed by atoms with van der Waals surface area (Å²) in [5, 5.41) is 2.63. The molecule has 0 aliphatic rings. The van der Waals surface area contributed by atoms with E-state index in [9.17, 15) is 13.2 Å². The first-order chi connectivity index (χ1) is 16.1. The lowest BCUT2D eigenvalue weighted by Crippen LogP contribution is -2.18. The minimum Gasteiger partial charge on any atom is -0.355 e. The van der Waals surface area contributed by atoms with E-state index in [0.717, 1.165) is 11.1 Å². The summed E-state index contributed by atoms with van der Waals surface area (Å²) < 4.78 is 28.3. The maximum absolute atomic E-state index is 12.8. The average molecular weight is 475 g/mol. The molecule has 0 radical (unpaired) electrons. The van der Waals surface area contributed by atoms with Crippen LogP contribution in [-0.2, 0) is 15.4 Å². The second-order valence-corrected chi connectivity index (χ2v) is 10.6. The quantitative estimate of drug-likeness (QED) is 0.435. The number of nitrogens with one attached hydrogen (secondary N) is 2. The van der Waals surface area contributed by atoms with Gasteiger partial charge in [0.2, 0.25) is 0 Å². The van der Waals surface area contributed by atoms with Crippen molar-refractivity contribution in [2.45, 2.75) is 31.1 Å². The predicted molar refractivity (Wildman–Crippen MR) is 134 cm³/mol. The fourth-order valence-corrected chi connectivity index (χ4v) is 4.63. The summed E-state index contributed by atoms with van der Waals surface area (Å²) in [6, 6.07) is 19.0. The first kappa shape index (κ1) is 23.4. The summed E-state index contributed by atoms with van der Waals surface area (Å²) in [6.07, 6.45) is 1.62. The van der Waals surface area contributed by atoms with Gasteiger partial charge in [0.25, 0.3) is 15.9 Å². The Kier molecular flexibility index (Phi) is 6.10. The lowest BCUT2D eigenvalue weighted by atomic mass is 9.87. The van der Waals surface area contributed by atoms with Crippen molar-refractivity contribution in [1.82, 2.24) is 15.3 Å². The minimum atomic E-state index is -3.73. The van der Waals surface area contributed by atoms with E-state index in [1.165, 1.54) is 0 Å². The van der Waals surface area contributed by atoms with Gasteiger partial charge in [-0.15, -0.1) is 0 Å². The van der Waals surface area contributed by atoms with Gasteiger partial charge in [0.15, 0.2) is 0 Å². The summed E-state index contributed by atoms with van der Waals surface area (Å²) in [5.74, 6) is -0.255. The van der Waals surface area contributed by atoms with Gasteiger partial charge in [0, 0.05) is 24.5 Å². The molecule has 2 aromatic carbocycles. The highest BCUT2D eigenvalue weighted by atomic mass is 32.2. The molecule has 0 aliphatic carbocycles. The Morgan fingerprint density at radius 1 is 0.941 bits per heavy atom. The SMILES string of the molecule is CNC(=O)c1cc(-c2ccc(NS(=O)(=O)c3ccc(C(C)(C)C)cc3)cc2)nc2cccnc12. The third kappa shape index (κ3) is 4.77. The van der Waals surface area contributed by atoms with Crippen LogP contribution in [0.2, 0.25) is 0 Å². The van der Waals surface area contributed by atoms with Gasteiger partial charge in [0.05, 0.1) is 21.7 Å². The number of nitrogens with zero attached hydrogens (tertiary/aromatic N) is 2. The molecule has 8 heteroatoms. The fraction of sp³-hybridized carbons (Fsp3) is 0.192. The molecule has 2 aromatic heterocycles. The number of aromatic nitrogens is 2. The minimum absolute atomic E-state index is 0.0594. The molecular formula is C26H26N4O3S.